The first-order valence-corrected chi connectivity index (χ1v) is 3.58. The Morgan fingerprint density at radius 3 is 2.73 bits per heavy atom. The highest BCUT2D eigenvalue weighted by molar-refractivity contribution is 5.74. The number of methoxy groups -OCH3 is 1. The van der Waals surface area contributed by atoms with Gasteiger partial charge < -0.3 is 14.2 Å². The van der Waals surface area contributed by atoms with Crippen LogP contribution in [0.2, 0.25) is 0 Å². The highest BCUT2D eigenvalue weighted by atomic mass is 16.7. The van der Waals surface area contributed by atoms with E-state index in [1.807, 2.05) is 0 Å². The Bertz CT molecular complexity index is 130. The van der Waals surface area contributed by atoms with Gasteiger partial charge in [-0.2, -0.15) is 0 Å². The first-order chi connectivity index (χ1) is 5.34. The summed E-state index contributed by atoms with van der Waals surface area (Å²) in [6, 6.07) is 0. The molecule has 4 heteroatoms. The van der Waals surface area contributed by atoms with Crippen LogP contribution in [0, 0.1) is 5.92 Å². The minimum absolute atomic E-state index is 0.00315. The molecule has 0 saturated heterocycles. The van der Waals surface area contributed by atoms with Crippen LogP contribution < -0.4 is 0 Å². The summed E-state index contributed by atoms with van der Waals surface area (Å²) in [5.41, 5.74) is 0. The van der Waals surface area contributed by atoms with Crippen molar-refractivity contribution in [1.29, 1.82) is 0 Å². The van der Waals surface area contributed by atoms with Crippen LogP contribution in [-0.2, 0) is 19.0 Å². The maximum absolute atomic E-state index is 10.8. The van der Waals surface area contributed by atoms with Crippen molar-refractivity contribution in [2.45, 2.75) is 12.8 Å². The van der Waals surface area contributed by atoms with Gasteiger partial charge in [-0.1, -0.05) is 0 Å². The molecule has 0 aliphatic heterocycles. The fourth-order valence-electron chi connectivity index (χ4n) is 0.654. The standard InChI is InChI=1S/C7H12O4/c1-9-4-10-5-11-7(8)6-2-3-6/h6H,2-5H2,1H3. The molecule has 4 nitrogen and oxygen atoms in total. The number of carbonyl (C=O) groups excluding carboxylic acids is 1. The zero-order chi connectivity index (χ0) is 8.10. The molecule has 0 radical (unpaired) electrons. The molecule has 0 unspecified atom stereocenters. The second-order valence-corrected chi connectivity index (χ2v) is 2.47. The predicted molar refractivity (Wildman–Crippen MR) is 36.6 cm³/mol. The third-order valence-corrected chi connectivity index (χ3v) is 1.40. The van der Waals surface area contributed by atoms with E-state index < -0.39 is 0 Å². The number of hydrogen-bond acceptors (Lipinski definition) is 4. The van der Waals surface area contributed by atoms with Gasteiger partial charge in [0, 0.05) is 7.11 Å². The molecule has 1 saturated carbocycles. The van der Waals surface area contributed by atoms with Crippen molar-refractivity contribution in [3.8, 4) is 0 Å². The van der Waals surface area contributed by atoms with E-state index in [9.17, 15) is 4.79 Å². The molecule has 11 heavy (non-hydrogen) atoms. The fraction of sp³-hybridized carbons (Fsp3) is 0.857. The number of ether oxygens (including phenoxy) is 3. The molecule has 1 aliphatic carbocycles. The maximum Gasteiger partial charge on any atom is 0.311 e. The average molecular weight is 160 g/mol. The summed E-state index contributed by atoms with van der Waals surface area (Å²) >= 11 is 0. The molecule has 0 spiro atoms. The average Bonchev–Trinajstić information content (AvgIpc) is 2.79. The minimum atomic E-state index is -0.152. The van der Waals surface area contributed by atoms with Crippen LogP contribution in [-0.4, -0.2) is 26.7 Å². The molecule has 0 aromatic rings. The summed E-state index contributed by atoms with van der Waals surface area (Å²) in [7, 11) is 1.52. The van der Waals surface area contributed by atoms with E-state index in [4.69, 9.17) is 9.47 Å². The Morgan fingerprint density at radius 1 is 1.45 bits per heavy atom. The van der Waals surface area contributed by atoms with Gasteiger partial charge in [-0.15, -0.1) is 0 Å². The van der Waals surface area contributed by atoms with Crippen molar-refractivity contribution >= 4 is 5.97 Å². The SMILES string of the molecule is COCOCOC(=O)C1CC1. The van der Waals surface area contributed by atoms with Crippen LogP contribution in [0.1, 0.15) is 12.8 Å². The van der Waals surface area contributed by atoms with Gasteiger partial charge in [-0.3, -0.25) is 4.79 Å². The second-order valence-electron chi connectivity index (χ2n) is 2.47. The molecular weight excluding hydrogens is 148 g/mol. The Kier molecular flexibility index (Phi) is 3.32. The van der Waals surface area contributed by atoms with Crippen LogP contribution in [0.3, 0.4) is 0 Å². The smallest absolute Gasteiger partial charge is 0.311 e. The lowest BCUT2D eigenvalue weighted by Crippen LogP contribution is -2.10. The molecule has 1 fully saturated rings. The van der Waals surface area contributed by atoms with Crippen molar-refractivity contribution < 1.29 is 19.0 Å². The number of carbonyl (C=O) groups is 1. The van der Waals surface area contributed by atoms with Gasteiger partial charge in [0.2, 0.25) is 0 Å². The van der Waals surface area contributed by atoms with E-state index in [0.717, 1.165) is 12.8 Å². The van der Waals surface area contributed by atoms with Crippen molar-refractivity contribution in [3.63, 3.8) is 0 Å². The monoisotopic (exact) mass is 160 g/mol. The fourth-order valence-corrected chi connectivity index (χ4v) is 0.654. The molecule has 64 valence electrons. The molecule has 0 amide bonds. The molecule has 0 aromatic carbocycles. The molecule has 0 bridgehead atoms. The summed E-state index contributed by atoms with van der Waals surface area (Å²) < 4.78 is 14.1. The highest BCUT2D eigenvalue weighted by Gasteiger charge is 2.31. The summed E-state index contributed by atoms with van der Waals surface area (Å²) in [5, 5.41) is 0. The van der Waals surface area contributed by atoms with Crippen LogP contribution in [0.4, 0.5) is 0 Å². The molecular formula is C7H12O4. The van der Waals surface area contributed by atoms with E-state index in [-0.39, 0.29) is 25.5 Å². The normalized spacial score (nSPS) is 16.5. The van der Waals surface area contributed by atoms with E-state index >= 15 is 0 Å². The van der Waals surface area contributed by atoms with E-state index in [1.54, 1.807) is 0 Å². The lowest BCUT2D eigenvalue weighted by Gasteiger charge is -2.03. The Balaban J connectivity index is 1.89. The summed E-state index contributed by atoms with van der Waals surface area (Å²) in [6.07, 6.45) is 1.92. The van der Waals surface area contributed by atoms with Gasteiger partial charge in [0.25, 0.3) is 0 Å². The van der Waals surface area contributed by atoms with Gasteiger partial charge in [-0.05, 0) is 12.8 Å². The number of hydrogen-bond donors (Lipinski definition) is 0. The zero-order valence-corrected chi connectivity index (χ0v) is 6.54. The zero-order valence-electron chi connectivity index (χ0n) is 6.54. The second kappa shape index (κ2) is 4.31. The number of esters is 1. The van der Waals surface area contributed by atoms with Gasteiger partial charge in [0.1, 0.15) is 6.79 Å². The highest BCUT2D eigenvalue weighted by Crippen LogP contribution is 2.29. The van der Waals surface area contributed by atoms with Crippen LogP contribution in [0.15, 0.2) is 0 Å². The Labute approximate surface area is 65.4 Å². The van der Waals surface area contributed by atoms with Crippen molar-refractivity contribution in [2.75, 3.05) is 20.7 Å². The third kappa shape index (κ3) is 3.34. The lowest BCUT2D eigenvalue weighted by molar-refractivity contribution is -0.167. The largest absolute Gasteiger partial charge is 0.438 e. The molecule has 0 atom stereocenters. The quantitative estimate of drug-likeness (QED) is 0.334. The van der Waals surface area contributed by atoms with Crippen molar-refractivity contribution in [3.05, 3.63) is 0 Å². The minimum Gasteiger partial charge on any atom is -0.438 e. The van der Waals surface area contributed by atoms with Gasteiger partial charge >= 0.3 is 5.97 Å². The first kappa shape index (κ1) is 8.49. The maximum atomic E-state index is 10.8. The van der Waals surface area contributed by atoms with Gasteiger partial charge in [-0.25, -0.2) is 0 Å². The number of rotatable bonds is 5. The molecule has 0 heterocycles. The van der Waals surface area contributed by atoms with E-state index in [1.165, 1.54) is 7.11 Å². The van der Waals surface area contributed by atoms with Gasteiger partial charge in [0.05, 0.1) is 5.92 Å². The first-order valence-electron chi connectivity index (χ1n) is 3.58. The molecule has 0 N–H and O–H groups in total. The summed E-state index contributed by atoms with van der Waals surface area (Å²) in [6.45, 7) is 0.168. The van der Waals surface area contributed by atoms with Gasteiger partial charge in [0.15, 0.2) is 6.79 Å². The molecule has 1 aliphatic rings. The summed E-state index contributed by atoms with van der Waals surface area (Å²) in [5.74, 6) is -0.0118. The molecule has 0 aromatic heterocycles. The third-order valence-electron chi connectivity index (χ3n) is 1.40. The Hall–Kier alpha value is -0.610. The van der Waals surface area contributed by atoms with Crippen LogP contribution in [0.25, 0.3) is 0 Å². The Morgan fingerprint density at radius 2 is 2.18 bits per heavy atom. The van der Waals surface area contributed by atoms with Crippen LogP contribution >= 0.6 is 0 Å². The lowest BCUT2D eigenvalue weighted by atomic mass is 10.4. The predicted octanol–water partition coefficient (Wildman–Crippen LogP) is 0.518. The topological polar surface area (TPSA) is 44.8 Å². The van der Waals surface area contributed by atoms with E-state index in [0.29, 0.717) is 0 Å². The summed E-state index contributed by atoms with van der Waals surface area (Å²) in [4.78, 5) is 10.8. The van der Waals surface area contributed by atoms with Crippen molar-refractivity contribution in [1.82, 2.24) is 0 Å². The van der Waals surface area contributed by atoms with E-state index in [2.05, 4.69) is 4.74 Å². The van der Waals surface area contributed by atoms with Crippen LogP contribution in [0.5, 0.6) is 0 Å². The van der Waals surface area contributed by atoms with Crippen molar-refractivity contribution in [2.24, 2.45) is 5.92 Å². The molecule has 1 rings (SSSR count).